The fourth-order valence-electron chi connectivity index (χ4n) is 2.21. The zero-order valence-corrected chi connectivity index (χ0v) is 13.5. The highest BCUT2D eigenvalue weighted by Crippen LogP contribution is 2.17. The van der Waals surface area contributed by atoms with E-state index in [-0.39, 0.29) is 30.5 Å². The molecule has 0 saturated heterocycles. The van der Waals surface area contributed by atoms with Crippen molar-refractivity contribution in [3.63, 3.8) is 0 Å². The van der Waals surface area contributed by atoms with Crippen LogP contribution in [0.2, 0.25) is 0 Å². The summed E-state index contributed by atoms with van der Waals surface area (Å²) in [6.07, 6.45) is 1.49. The highest BCUT2D eigenvalue weighted by molar-refractivity contribution is 5.95. The first-order valence-electron chi connectivity index (χ1n) is 7.62. The van der Waals surface area contributed by atoms with Crippen molar-refractivity contribution in [1.29, 1.82) is 5.41 Å². The Labute approximate surface area is 147 Å². The molecule has 0 bridgehead atoms. The second-order valence-corrected chi connectivity index (χ2v) is 5.38. The average Bonchev–Trinajstić information content (AvgIpc) is 3.04. The molecule has 1 aromatic carbocycles. The van der Waals surface area contributed by atoms with Crippen molar-refractivity contribution in [2.75, 3.05) is 6.54 Å². The minimum atomic E-state index is -1.00. The van der Waals surface area contributed by atoms with Crippen LogP contribution >= 0.6 is 0 Å². The Hall–Kier alpha value is -3.82. The average molecular weight is 353 g/mol. The molecule has 0 aromatic heterocycles. The first-order valence-corrected chi connectivity index (χ1v) is 7.62. The number of imidazole rings is 1. The van der Waals surface area contributed by atoms with E-state index < -0.39 is 11.9 Å². The van der Waals surface area contributed by atoms with E-state index >= 15 is 0 Å². The molecule has 26 heavy (non-hydrogen) atoms. The van der Waals surface area contributed by atoms with Gasteiger partial charge in [-0.3, -0.25) is 15.0 Å². The van der Waals surface area contributed by atoms with Crippen LogP contribution in [0.15, 0.2) is 36.5 Å². The van der Waals surface area contributed by atoms with Crippen molar-refractivity contribution in [2.45, 2.75) is 6.42 Å². The number of carboxylic acids is 1. The molecule has 10 heteroatoms. The zero-order chi connectivity index (χ0) is 18.7. The maximum atomic E-state index is 12.0. The minimum Gasteiger partial charge on any atom is -0.481 e. The number of amides is 1. The zero-order valence-electron chi connectivity index (χ0n) is 13.5. The summed E-state index contributed by atoms with van der Waals surface area (Å²) >= 11 is 0. The quantitative estimate of drug-likeness (QED) is 0.365. The molecule has 1 aromatic rings. The number of nitrogens with zero attached hydrogens (tertiary/aromatic N) is 4. The number of aromatic nitrogens is 4. The maximum absolute atomic E-state index is 12.0. The molecule has 0 fully saturated rings. The van der Waals surface area contributed by atoms with E-state index in [2.05, 4.69) is 20.4 Å². The summed E-state index contributed by atoms with van der Waals surface area (Å²) in [5.74, 6) is -1.36. The summed E-state index contributed by atoms with van der Waals surface area (Å²) in [6.45, 7) is -0.00498. The summed E-state index contributed by atoms with van der Waals surface area (Å²) in [5.41, 5.74) is 7.21. The van der Waals surface area contributed by atoms with Gasteiger partial charge in [0.25, 0.3) is 5.91 Å². The van der Waals surface area contributed by atoms with Crippen LogP contribution in [0.5, 0.6) is 0 Å². The minimum absolute atomic E-state index is 0.00498. The highest BCUT2D eigenvalue weighted by Gasteiger charge is 2.18. The van der Waals surface area contributed by atoms with E-state index in [1.54, 1.807) is 41.2 Å². The molecule has 5 N–H and O–H groups in total. The number of nitrogens with one attached hydrogen (secondary N) is 2. The van der Waals surface area contributed by atoms with Gasteiger partial charge in [-0.25, -0.2) is 14.6 Å². The van der Waals surface area contributed by atoms with Crippen LogP contribution in [0.1, 0.15) is 22.6 Å². The van der Waals surface area contributed by atoms with Crippen molar-refractivity contribution >= 4 is 17.7 Å². The van der Waals surface area contributed by atoms with E-state index in [1.807, 2.05) is 0 Å². The molecule has 0 spiro atoms. The van der Waals surface area contributed by atoms with Gasteiger partial charge in [-0.15, -0.1) is 5.10 Å². The molecule has 1 amide bonds. The Morgan fingerprint density at radius 3 is 2.58 bits per heavy atom. The summed E-state index contributed by atoms with van der Waals surface area (Å²) in [7, 11) is 0. The number of rotatable bonds is 6. The predicted molar refractivity (Wildman–Crippen MR) is 91.4 cm³/mol. The Morgan fingerprint density at radius 2 is 1.92 bits per heavy atom. The molecule has 3 rings (SSSR count). The largest absolute Gasteiger partial charge is 0.481 e. The van der Waals surface area contributed by atoms with Crippen LogP contribution in [0.3, 0.4) is 0 Å². The smallest absolute Gasteiger partial charge is 0.305 e. The number of hydrogen-bond donors (Lipinski definition) is 4. The first kappa shape index (κ1) is 17.0. The Kier molecular flexibility index (Phi) is 4.56. The Bertz CT molecular complexity index is 949. The van der Waals surface area contributed by atoms with Gasteiger partial charge in [0.2, 0.25) is 11.6 Å². The lowest BCUT2D eigenvalue weighted by atomic mass is 10.2. The van der Waals surface area contributed by atoms with Crippen LogP contribution in [-0.4, -0.2) is 49.1 Å². The first-order chi connectivity index (χ1) is 12.4. The fourth-order valence-corrected chi connectivity index (χ4v) is 2.21. The van der Waals surface area contributed by atoms with Crippen LogP contribution < -0.4 is 11.1 Å². The SMILES string of the molecule is N=C(N)c1ccc(-n2ccc3nc(C(=O)NCCC(=O)O)nc-3n2)cc1. The van der Waals surface area contributed by atoms with Gasteiger partial charge in [0, 0.05) is 18.3 Å². The maximum Gasteiger partial charge on any atom is 0.305 e. The number of nitrogen functional groups attached to an aromatic ring is 1. The van der Waals surface area contributed by atoms with E-state index in [0.29, 0.717) is 11.3 Å². The second kappa shape index (κ2) is 6.97. The van der Waals surface area contributed by atoms with Gasteiger partial charge in [0.15, 0.2) is 0 Å². The number of hydrogen-bond acceptors (Lipinski definition) is 6. The van der Waals surface area contributed by atoms with Crippen LogP contribution in [0, 0.1) is 5.41 Å². The second-order valence-electron chi connectivity index (χ2n) is 5.38. The van der Waals surface area contributed by atoms with E-state index in [4.69, 9.17) is 16.2 Å². The molecular weight excluding hydrogens is 338 g/mol. The lowest BCUT2D eigenvalue weighted by Gasteiger charge is -2.07. The van der Waals surface area contributed by atoms with E-state index in [0.717, 1.165) is 5.69 Å². The lowest BCUT2D eigenvalue weighted by molar-refractivity contribution is -0.136. The van der Waals surface area contributed by atoms with Gasteiger partial charge in [-0.1, -0.05) is 0 Å². The summed E-state index contributed by atoms with van der Waals surface area (Å²) in [4.78, 5) is 30.6. The van der Waals surface area contributed by atoms with Gasteiger partial charge in [0.1, 0.15) is 11.5 Å². The molecule has 132 valence electrons. The number of fused-ring (bicyclic) bond motifs is 1. The number of carboxylic acid groups (broad SMARTS) is 1. The Morgan fingerprint density at radius 1 is 1.19 bits per heavy atom. The Balaban J connectivity index is 1.81. The number of benzene rings is 1. The number of nitrogens with two attached hydrogens (primary N) is 1. The molecule has 0 atom stereocenters. The molecule has 0 radical (unpaired) electrons. The molecule has 2 aliphatic heterocycles. The third kappa shape index (κ3) is 3.64. The standard InChI is InChI=1S/C16H15N7O3/c17-13(18)9-1-3-10(4-2-9)23-8-6-11-14(22-23)21-15(20-11)16(26)19-7-5-12(24)25/h1-4,6,8H,5,7H2,(H3,17,18)(H,19,26)(H,24,25). The number of amidine groups is 1. The van der Waals surface area contributed by atoms with Gasteiger partial charge in [-0.2, -0.15) is 0 Å². The molecule has 10 nitrogen and oxygen atoms in total. The third-order valence-electron chi connectivity index (χ3n) is 3.51. The monoisotopic (exact) mass is 353 g/mol. The summed E-state index contributed by atoms with van der Waals surface area (Å²) < 4.78 is 1.56. The van der Waals surface area contributed by atoms with Gasteiger partial charge in [-0.05, 0) is 30.3 Å². The topological polar surface area (TPSA) is 160 Å². The van der Waals surface area contributed by atoms with Gasteiger partial charge < -0.3 is 16.2 Å². The van der Waals surface area contributed by atoms with Crippen molar-refractivity contribution in [2.24, 2.45) is 5.73 Å². The van der Waals surface area contributed by atoms with E-state index in [1.165, 1.54) is 0 Å². The molecular formula is C16H15N7O3. The predicted octanol–water partition coefficient (Wildman–Crippen LogP) is 0.256. The van der Waals surface area contributed by atoms with Crippen molar-refractivity contribution < 1.29 is 14.7 Å². The highest BCUT2D eigenvalue weighted by atomic mass is 16.4. The molecule has 0 aliphatic carbocycles. The summed E-state index contributed by atoms with van der Waals surface area (Å²) in [5, 5.41) is 22.7. The summed E-state index contributed by atoms with van der Waals surface area (Å²) in [6, 6.07) is 8.59. The number of aliphatic carboxylic acids is 1. The number of carbonyl (C=O) groups is 2. The third-order valence-corrected chi connectivity index (χ3v) is 3.51. The molecule has 2 aliphatic rings. The van der Waals surface area contributed by atoms with Crippen molar-refractivity contribution in [3.05, 3.63) is 47.9 Å². The fraction of sp³-hybridized carbons (Fsp3) is 0.125. The van der Waals surface area contributed by atoms with Gasteiger partial charge >= 0.3 is 5.97 Å². The van der Waals surface area contributed by atoms with E-state index in [9.17, 15) is 9.59 Å². The molecule has 2 heterocycles. The van der Waals surface area contributed by atoms with Crippen molar-refractivity contribution in [1.82, 2.24) is 25.1 Å². The van der Waals surface area contributed by atoms with Gasteiger partial charge in [0.05, 0.1) is 12.1 Å². The molecule has 0 saturated carbocycles. The normalized spacial score (nSPS) is 10.6. The van der Waals surface area contributed by atoms with Crippen LogP contribution in [0.25, 0.3) is 17.2 Å². The number of carbonyl (C=O) groups excluding carboxylic acids is 1. The molecule has 0 unspecified atom stereocenters. The lowest BCUT2D eigenvalue weighted by Crippen LogP contribution is -2.26. The van der Waals surface area contributed by atoms with Crippen molar-refractivity contribution in [3.8, 4) is 17.2 Å². The van der Waals surface area contributed by atoms with Crippen LogP contribution in [0.4, 0.5) is 0 Å². The van der Waals surface area contributed by atoms with Crippen LogP contribution in [-0.2, 0) is 4.79 Å².